The van der Waals surface area contributed by atoms with Gasteiger partial charge in [-0.3, -0.25) is 4.79 Å². The van der Waals surface area contributed by atoms with Gasteiger partial charge >= 0.3 is 0 Å². The number of anilines is 2. The molecule has 0 atom stereocenters. The molecule has 0 spiro atoms. The van der Waals surface area contributed by atoms with Crippen LogP contribution >= 0.6 is 12.4 Å². The normalized spacial score (nSPS) is 19.1. The third-order valence-corrected chi connectivity index (χ3v) is 4.72. The van der Waals surface area contributed by atoms with Gasteiger partial charge in [-0.25, -0.2) is 15.1 Å². The molecule has 0 unspecified atom stereocenters. The Morgan fingerprint density at radius 1 is 1.18 bits per heavy atom. The number of carbonyl (C=O) groups is 1. The van der Waals surface area contributed by atoms with Gasteiger partial charge in [-0.2, -0.15) is 12.7 Å². The average molecular weight is 349 g/mol. The summed E-state index contributed by atoms with van der Waals surface area (Å²) in [6.07, 6.45) is 2.31. The van der Waals surface area contributed by atoms with Crippen molar-refractivity contribution in [1.82, 2.24) is 14.3 Å². The predicted molar refractivity (Wildman–Crippen MR) is 83.1 cm³/mol. The summed E-state index contributed by atoms with van der Waals surface area (Å²) < 4.78 is 24.1. The molecule has 2 aliphatic heterocycles. The summed E-state index contributed by atoms with van der Waals surface area (Å²) in [5.41, 5.74) is 0.770. The highest BCUT2D eigenvalue weighted by Crippen LogP contribution is 2.29. The van der Waals surface area contributed by atoms with E-state index in [0.717, 1.165) is 5.56 Å². The molecular weight excluding hydrogens is 332 g/mol. The number of carbonyl (C=O) groups excluding carboxylic acids is 1. The van der Waals surface area contributed by atoms with E-state index in [0.29, 0.717) is 44.2 Å². The number of aromatic nitrogens is 2. The van der Waals surface area contributed by atoms with Gasteiger partial charge < -0.3 is 10.2 Å². The van der Waals surface area contributed by atoms with E-state index in [1.54, 1.807) is 0 Å². The van der Waals surface area contributed by atoms with Crippen molar-refractivity contribution in [2.45, 2.75) is 12.8 Å². The Kier molecular flexibility index (Phi) is 4.85. The van der Waals surface area contributed by atoms with E-state index >= 15 is 0 Å². The Hall–Kier alpha value is -1.49. The Morgan fingerprint density at radius 2 is 1.95 bits per heavy atom. The maximum absolute atomic E-state index is 11.5. The molecule has 0 saturated carbocycles. The molecule has 1 aromatic rings. The summed E-state index contributed by atoms with van der Waals surface area (Å²) >= 11 is 0. The molecule has 3 heterocycles. The largest absolute Gasteiger partial charge is 0.355 e. The Morgan fingerprint density at radius 3 is 2.68 bits per heavy atom. The fourth-order valence-electron chi connectivity index (χ4n) is 2.64. The fraction of sp³-hybridized carbons (Fsp3) is 0.545. The number of nitrogens with one attached hydrogen (secondary N) is 1. The summed E-state index contributed by atoms with van der Waals surface area (Å²) in [5, 5.41) is 7.85. The number of nitrogens with two attached hydrogens (primary N) is 1. The lowest BCUT2D eigenvalue weighted by molar-refractivity contribution is -0.115. The van der Waals surface area contributed by atoms with Crippen LogP contribution in [0.25, 0.3) is 0 Å². The van der Waals surface area contributed by atoms with Gasteiger partial charge in [0, 0.05) is 31.7 Å². The van der Waals surface area contributed by atoms with E-state index in [9.17, 15) is 13.2 Å². The Bertz CT molecular complexity index is 682. The van der Waals surface area contributed by atoms with Crippen molar-refractivity contribution in [3.63, 3.8) is 0 Å². The maximum Gasteiger partial charge on any atom is 0.276 e. The second-order valence-electron chi connectivity index (χ2n) is 5.03. The number of rotatable bonds is 2. The summed E-state index contributed by atoms with van der Waals surface area (Å²) in [6.45, 7) is 1.83. The van der Waals surface area contributed by atoms with Crippen molar-refractivity contribution in [3.05, 3.63) is 11.9 Å². The van der Waals surface area contributed by atoms with Gasteiger partial charge in [-0.1, -0.05) is 0 Å². The zero-order valence-corrected chi connectivity index (χ0v) is 13.4. The highest BCUT2D eigenvalue weighted by atomic mass is 35.5. The minimum absolute atomic E-state index is 0. The summed E-state index contributed by atoms with van der Waals surface area (Å²) in [6, 6.07) is 0. The standard InChI is InChI=1S/C11H16N6O3S.ClH/c12-21(19,20)17-3-1-2-16(4-5-17)11-8-6-9(18)15-10(8)13-7-14-11;/h7H,1-6H2,(H2,12,19,20)(H,13,14,15,18);1H. The van der Waals surface area contributed by atoms with Crippen LogP contribution in [0.15, 0.2) is 6.33 Å². The highest BCUT2D eigenvalue weighted by molar-refractivity contribution is 7.86. The number of nitrogens with zero attached hydrogens (tertiary/aromatic N) is 4. The maximum atomic E-state index is 11.5. The van der Waals surface area contributed by atoms with Crippen LogP contribution in [0.1, 0.15) is 12.0 Å². The minimum atomic E-state index is -3.67. The zero-order chi connectivity index (χ0) is 15.0. The number of halogens is 1. The van der Waals surface area contributed by atoms with Crippen LogP contribution in [-0.4, -0.2) is 54.8 Å². The molecule has 0 bridgehead atoms. The van der Waals surface area contributed by atoms with Crippen molar-refractivity contribution in [2.24, 2.45) is 5.14 Å². The average Bonchev–Trinajstić information content (AvgIpc) is 2.63. The summed E-state index contributed by atoms with van der Waals surface area (Å²) in [7, 11) is -3.67. The molecule has 0 aliphatic carbocycles. The first-order valence-corrected chi connectivity index (χ1v) is 8.12. The number of fused-ring (bicyclic) bond motifs is 1. The number of hydrogen-bond donors (Lipinski definition) is 2. The van der Waals surface area contributed by atoms with E-state index < -0.39 is 10.2 Å². The lowest BCUT2D eigenvalue weighted by Crippen LogP contribution is -2.39. The third kappa shape index (κ3) is 3.29. The number of hydrogen-bond acceptors (Lipinski definition) is 6. The topological polar surface area (TPSA) is 122 Å². The minimum Gasteiger partial charge on any atom is -0.355 e. The summed E-state index contributed by atoms with van der Waals surface area (Å²) in [5.74, 6) is 1.12. The molecule has 1 saturated heterocycles. The first kappa shape index (κ1) is 16.9. The molecular formula is C11H17ClN6O3S. The van der Waals surface area contributed by atoms with Crippen molar-refractivity contribution >= 4 is 40.2 Å². The van der Waals surface area contributed by atoms with E-state index in [2.05, 4.69) is 15.3 Å². The zero-order valence-electron chi connectivity index (χ0n) is 11.7. The Labute approximate surface area is 134 Å². The van der Waals surface area contributed by atoms with Crippen LogP contribution in [0.4, 0.5) is 11.6 Å². The third-order valence-electron chi connectivity index (χ3n) is 3.63. The second kappa shape index (κ2) is 6.32. The van der Waals surface area contributed by atoms with E-state index in [1.807, 2.05) is 4.90 Å². The molecule has 0 aromatic carbocycles. The quantitative estimate of drug-likeness (QED) is 0.715. The summed E-state index contributed by atoms with van der Waals surface area (Å²) in [4.78, 5) is 21.8. The van der Waals surface area contributed by atoms with Crippen LogP contribution in [-0.2, 0) is 21.4 Å². The van der Waals surface area contributed by atoms with E-state index in [1.165, 1.54) is 10.6 Å². The van der Waals surface area contributed by atoms with Gasteiger partial charge in [0.25, 0.3) is 10.2 Å². The molecule has 122 valence electrons. The molecule has 3 N–H and O–H groups in total. The van der Waals surface area contributed by atoms with Crippen molar-refractivity contribution in [1.29, 1.82) is 0 Å². The van der Waals surface area contributed by atoms with Crippen LogP contribution in [0.3, 0.4) is 0 Å². The first-order valence-electron chi connectivity index (χ1n) is 6.61. The second-order valence-corrected chi connectivity index (χ2v) is 6.58. The molecule has 1 amide bonds. The first-order chi connectivity index (χ1) is 9.95. The SMILES string of the molecule is Cl.NS(=O)(=O)N1CCCN(c2ncnc3c2CC(=O)N3)CC1. The molecule has 3 rings (SSSR count). The molecule has 9 nitrogen and oxygen atoms in total. The van der Waals surface area contributed by atoms with Gasteiger partial charge in [0.1, 0.15) is 18.0 Å². The lowest BCUT2D eigenvalue weighted by atomic mass is 10.2. The van der Waals surface area contributed by atoms with E-state index in [-0.39, 0.29) is 24.7 Å². The lowest BCUT2D eigenvalue weighted by Gasteiger charge is -2.23. The molecule has 1 aromatic heterocycles. The van der Waals surface area contributed by atoms with Crippen LogP contribution in [0.5, 0.6) is 0 Å². The van der Waals surface area contributed by atoms with Crippen LogP contribution in [0.2, 0.25) is 0 Å². The van der Waals surface area contributed by atoms with Gasteiger partial charge in [-0.15, -0.1) is 12.4 Å². The molecule has 2 aliphatic rings. The Balaban J connectivity index is 0.00000176. The number of amides is 1. The van der Waals surface area contributed by atoms with Crippen LogP contribution in [0, 0.1) is 0 Å². The van der Waals surface area contributed by atoms with Crippen molar-refractivity contribution < 1.29 is 13.2 Å². The van der Waals surface area contributed by atoms with Gasteiger partial charge in [0.15, 0.2) is 0 Å². The smallest absolute Gasteiger partial charge is 0.276 e. The predicted octanol–water partition coefficient (Wildman–Crippen LogP) is -0.891. The molecule has 1 fully saturated rings. The molecule has 0 radical (unpaired) electrons. The molecule has 22 heavy (non-hydrogen) atoms. The van der Waals surface area contributed by atoms with Gasteiger partial charge in [-0.05, 0) is 6.42 Å². The molecule has 11 heteroatoms. The van der Waals surface area contributed by atoms with Gasteiger partial charge in [0.2, 0.25) is 5.91 Å². The highest BCUT2D eigenvalue weighted by Gasteiger charge is 2.28. The fourth-order valence-corrected chi connectivity index (χ4v) is 3.36. The van der Waals surface area contributed by atoms with Crippen LogP contribution < -0.4 is 15.4 Å². The van der Waals surface area contributed by atoms with Gasteiger partial charge in [0.05, 0.1) is 6.42 Å². The van der Waals surface area contributed by atoms with E-state index in [4.69, 9.17) is 5.14 Å². The van der Waals surface area contributed by atoms with Crippen molar-refractivity contribution in [3.8, 4) is 0 Å². The monoisotopic (exact) mass is 348 g/mol. The van der Waals surface area contributed by atoms with Crippen molar-refractivity contribution in [2.75, 3.05) is 36.4 Å².